The van der Waals surface area contributed by atoms with E-state index in [2.05, 4.69) is 38.2 Å². The highest BCUT2D eigenvalue weighted by Crippen LogP contribution is 2.19. The molecule has 0 aromatic carbocycles. The highest BCUT2D eigenvalue weighted by molar-refractivity contribution is 5.89. The van der Waals surface area contributed by atoms with E-state index in [-0.39, 0.29) is 13.2 Å². The Morgan fingerprint density at radius 3 is 1.00 bits per heavy atom. The molecule has 0 aromatic rings. The van der Waals surface area contributed by atoms with E-state index in [0.717, 1.165) is 51.4 Å². The lowest BCUT2D eigenvalue weighted by Crippen LogP contribution is -2.43. The molecule has 0 radical (unpaired) electrons. The molecule has 0 saturated carbocycles. The quantitative estimate of drug-likeness (QED) is 0.0379. The number of carboxylic acids is 1. The molecule has 0 bridgehead atoms. The third kappa shape index (κ3) is 32.8. The number of hydrogen-bond donors (Lipinski definition) is 2. The fourth-order valence-electron chi connectivity index (χ4n) is 5.86. The molecule has 0 unspecified atom stereocenters. The summed E-state index contributed by atoms with van der Waals surface area (Å²) in [7, 11) is 0. The summed E-state index contributed by atoms with van der Waals surface area (Å²) in [5, 5.41) is 20.0. The minimum Gasteiger partial charge on any atom is -0.479 e. The first-order chi connectivity index (χ1) is 23.9. The Balaban J connectivity index is 3.79. The summed E-state index contributed by atoms with van der Waals surface area (Å²) in [5.41, 5.74) is -2.53. The van der Waals surface area contributed by atoms with E-state index in [0.29, 0.717) is 12.8 Å². The topological polar surface area (TPSA) is 110 Å². The fraction of sp³-hybridized carbons (Fsp3) is 0.833. The first kappa shape index (κ1) is 46.9. The van der Waals surface area contributed by atoms with Crippen molar-refractivity contribution in [3.63, 3.8) is 0 Å². The molecule has 0 spiro atoms. The summed E-state index contributed by atoms with van der Waals surface area (Å²) in [6.07, 6.45) is 40.7. The Kier molecular flexibility index (Phi) is 34.1. The molecular weight excluding hydrogens is 616 g/mol. The van der Waals surface area contributed by atoms with Gasteiger partial charge in [0.05, 0.1) is 26.1 Å². The third-order valence-corrected chi connectivity index (χ3v) is 9.11. The van der Waals surface area contributed by atoms with Gasteiger partial charge in [-0.05, 0) is 64.2 Å². The first-order valence-corrected chi connectivity index (χ1v) is 20.4. The summed E-state index contributed by atoms with van der Waals surface area (Å²) >= 11 is 0. The molecule has 0 rings (SSSR count). The van der Waals surface area contributed by atoms with Crippen LogP contribution in [-0.2, 0) is 23.9 Å². The molecule has 7 heteroatoms. The molecule has 0 heterocycles. The number of allylic oxidation sites excluding steroid dienone is 4. The molecule has 0 amide bonds. The number of carboxylic acid groups (broad SMARTS) is 1. The van der Waals surface area contributed by atoms with E-state index in [1.54, 1.807) is 0 Å². The van der Waals surface area contributed by atoms with Crippen LogP contribution in [0, 0.1) is 0 Å². The Morgan fingerprint density at radius 1 is 0.449 bits per heavy atom. The van der Waals surface area contributed by atoms with Crippen LogP contribution in [0.2, 0.25) is 0 Å². The van der Waals surface area contributed by atoms with Gasteiger partial charge in [0.1, 0.15) is 0 Å². The van der Waals surface area contributed by atoms with Crippen LogP contribution in [-0.4, -0.2) is 46.9 Å². The van der Waals surface area contributed by atoms with Crippen molar-refractivity contribution in [1.82, 2.24) is 0 Å². The van der Waals surface area contributed by atoms with Crippen LogP contribution in [0.15, 0.2) is 24.3 Å². The van der Waals surface area contributed by atoms with Crippen LogP contribution < -0.4 is 0 Å². The highest BCUT2D eigenvalue weighted by Gasteiger charge is 2.42. The van der Waals surface area contributed by atoms with E-state index >= 15 is 0 Å². The van der Waals surface area contributed by atoms with Gasteiger partial charge in [-0.3, -0.25) is 9.59 Å². The van der Waals surface area contributed by atoms with Gasteiger partial charge in [0.25, 0.3) is 0 Å². The molecule has 286 valence electrons. The lowest BCUT2D eigenvalue weighted by molar-refractivity contribution is -0.173. The summed E-state index contributed by atoms with van der Waals surface area (Å²) in [5.74, 6) is -3.27. The summed E-state index contributed by atoms with van der Waals surface area (Å²) in [6.45, 7) is 4.85. The highest BCUT2D eigenvalue weighted by atomic mass is 16.5. The van der Waals surface area contributed by atoms with E-state index in [4.69, 9.17) is 9.47 Å². The number of carbonyl (C=O) groups excluding carboxylic acids is 2. The van der Waals surface area contributed by atoms with Gasteiger partial charge in [0, 0.05) is 0 Å². The van der Waals surface area contributed by atoms with Crippen LogP contribution in [0.3, 0.4) is 0 Å². The van der Waals surface area contributed by atoms with Crippen LogP contribution in [0.1, 0.15) is 206 Å². The predicted octanol–water partition coefficient (Wildman–Crippen LogP) is 11.7. The average molecular weight is 693 g/mol. The summed E-state index contributed by atoms with van der Waals surface area (Å²) in [6, 6.07) is 0. The Hall–Kier alpha value is -2.15. The zero-order valence-electron chi connectivity index (χ0n) is 31.9. The van der Waals surface area contributed by atoms with Crippen LogP contribution in [0.5, 0.6) is 0 Å². The van der Waals surface area contributed by atoms with Crippen molar-refractivity contribution in [2.45, 2.75) is 212 Å². The molecular formula is C42H76O7. The molecule has 0 fully saturated rings. The molecule has 7 nitrogen and oxygen atoms in total. The number of unbranched alkanes of at least 4 members (excludes halogenated alkanes) is 24. The van der Waals surface area contributed by atoms with Gasteiger partial charge in [0.15, 0.2) is 5.60 Å². The number of hydrogen-bond acceptors (Lipinski definition) is 6. The van der Waals surface area contributed by atoms with Gasteiger partial charge in [-0.25, -0.2) is 4.79 Å². The lowest BCUT2D eigenvalue weighted by Gasteiger charge is -2.21. The molecule has 49 heavy (non-hydrogen) atoms. The van der Waals surface area contributed by atoms with E-state index in [1.165, 1.54) is 116 Å². The van der Waals surface area contributed by atoms with Crippen LogP contribution in [0.4, 0.5) is 0 Å². The van der Waals surface area contributed by atoms with Crippen molar-refractivity contribution in [2.75, 3.05) is 13.2 Å². The minimum absolute atomic E-state index is 0.177. The normalized spacial score (nSPS) is 11.9. The van der Waals surface area contributed by atoms with E-state index in [1.807, 2.05) is 0 Å². The largest absolute Gasteiger partial charge is 0.479 e. The molecule has 0 aromatic heterocycles. The second-order valence-corrected chi connectivity index (χ2v) is 14.0. The van der Waals surface area contributed by atoms with Gasteiger partial charge in [-0.1, -0.05) is 154 Å². The summed E-state index contributed by atoms with van der Waals surface area (Å²) < 4.78 is 10.3. The summed E-state index contributed by atoms with van der Waals surface area (Å²) in [4.78, 5) is 36.1. The van der Waals surface area contributed by atoms with Crippen molar-refractivity contribution in [1.29, 1.82) is 0 Å². The molecule has 0 aliphatic carbocycles. The zero-order valence-corrected chi connectivity index (χ0v) is 31.9. The van der Waals surface area contributed by atoms with Gasteiger partial charge in [-0.15, -0.1) is 0 Å². The molecule has 0 atom stereocenters. The molecule has 2 N–H and O–H groups in total. The maximum atomic E-state index is 12.2. The fourth-order valence-corrected chi connectivity index (χ4v) is 5.86. The van der Waals surface area contributed by atoms with Gasteiger partial charge < -0.3 is 19.7 Å². The number of esters is 2. The van der Waals surface area contributed by atoms with Crippen molar-refractivity contribution >= 4 is 17.9 Å². The number of carbonyl (C=O) groups is 3. The predicted molar refractivity (Wildman–Crippen MR) is 203 cm³/mol. The maximum Gasteiger partial charge on any atom is 0.336 e. The lowest BCUT2D eigenvalue weighted by atomic mass is 9.96. The minimum atomic E-state index is -2.53. The smallest absolute Gasteiger partial charge is 0.336 e. The van der Waals surface area contributed by atoms with Crippen molar-refractivity contribution in [2.24, 2.45) is 0 Å². The number of ether oxygens (including phenoxy) is 2. The molecule has 0 aliphatic heterocycles. The molecule has 0 saturated heterocycles. The Morgan fingerprint density at radius 2 is 0.714 bits per heavy atom. The second kappa shape index (κ2) is 35.7. The number of rotatable bonds is 37. The Bertz CT molecular complexity index is 777. The van der Waals surface area contributed by atoms with Crippen molar-refractivity contribution < 1.29 is 34.1 Å². The SMILES string of the molecule is CCCCCCCC/C=C\CCCCCCCCOC(=O)CC(O)(CC(=O)OCCCCCCCC/C=C\CCCCCCCC)C(=O)O. The second-order valence-electron chi connectivity index (χ2n) is 14.0. The van der Waals surface area contributed by atoms with Crippen molar-refractivity contribution in [3.8, 4) is 0 Å². The van der Waals surface area contributed by atoms with E-state index in [9.17, 15) is 24.6 Å². The van der Waals surface area contributed by atoms with Crippen molar-refractivity contribution in [3.05, 3.63) is 24.3 Å². The van der Waals surface area contributed by atoms with Crippen LogP contribution >= 0.6 is 0 Å². The monoisotopic (exact) mass is 693 g/mol. The first-order valence-electron chi connectivity index (χ1n) is 20.4. The third-order valence-electron chi connectivity index (χ3n) is 9.11. The van der Waals surface area contributed by atoms with E-state index < -0.39 is 36.4 Å². The average Bonchev–Trinajstić information content (AvgIpc) is 3.07. The van der Waals surface area contributed by atoms with Gasteiger partial charge in [-0.2, -0.15) is 0 Å². The van der Waals surface area contributed by atoms with Crippen LogP contribution in [0.25, 0.3) is 0 Å². The molecule has 0 aliphatic rings. The van der Waals surface area contributed by atoms with Gasteiger partial charge in [0.2, 0.25) is 0 Å². The standard InChI is InChI=1S/C42H76O7/c1-3-5-7-9-11-13-15-17-19-21-23-25-27-29-31-33-35-48-39(43)37-42(47,41(45)46)38-40(44)49-36-34-32-30-28-26-24-22-20-18-16-14-12-10-8-6-4-2/h17-20,47H,3-16,21-38H2,1-2H3,(H,45,46)/b19-17-,20-18-. The maximum absolute atomic E-state index is 12.2. The van der Waals surface area contributed by atoms with Gasteiger partial charge >= 0.3 is 17.9 Å². The number of aliphatic carboxylic acids is 1. The number of aliphatic hydroxyl groups is 1. The Labute approximate surface area is 301 Å². The zero-order chi connectivity index (χ0) is 36.1.